The third kappa shape index (κ3) is 3.85. The Morgan fingerprint density at radius 2 is 1.59 bits per heavy atom. The predicted octanol–water partition coefficient (Wildman–Crippen LogP) is 4.04. The van der Waals surface area contributed by atoms with Crippen LogP contribution in [0.15, 0.2) is 85.9 Å². The number of nitrogens with one attached hydrogen (secondary N) is 1. The molecule has 1 aliphatic rings. The zero-order valence-corrected chi connectivity index (χ0v) is 18.1. The van der Waals surface area contributed by atoms with Crippen LogP contribution >= 0.6 is 27.3 Å². The fraction of sp³-hybridized carbons (Fsp3) is 0.100. The lowest BCUT2D eigenvalue weighted by Crippen LogP contribution is -2.37. The van der Waals surface area contributed by atoms with Crippen LogP contribution in [-0.2, 0) is 25.3 Å². The van der Waals surface area contributed by atoms with Crippen LogP contribution in [0.25, 0.3) is 0 Å². The summed E-state index contributed by atoms with van der Waals surface area (Å²) in [5, 5.41) is 3.96. The van der Waals surface area contributed by atoms with Crippen molar-refractivity contribution in [1.29, 1.82) is 0 Å². The van der Waals surface area contributed by atoms with Crippen molar-refractivity contribution in [2.45, 2.75) is 16.2 Å². The van der Waals surface area contributed by atoms with Crippen LogP contribution in [0.1, 0.15) is 17.5 Å². The minimum atomic E-state index is -3.99. The molecule has 0 aliphatic carbocycles. The van der Waals surface area contributed by atoms with E-state index in [1.54, 1.807) is 6.07 Å². The van der Waals surface area contributed by atoms with Crippen LogP contribution in [-0.4, -0.2) is 20.0 Å². The minimum Gasteiger partial charge on any atom is -0.379 e. The summed E-state index contributed by atoms with van der Waals surface area (Å²) in [6.07, 6.45) is 0.108. The molecule has 2 aromatic carbocycles. The molecule has 0 fully saturated rings. The molecule has 0 saturated heterocycles. The van der Waals surface area contributed by atoms with Crippen molar-refractivity contribution in [3.63, 3.8) is 0 Å². The summed E-state index contributed by atoms with van der Waals surface area (Å²) in [4.78, 5) is 18.5. The van der Waals surface area contributed by atoms with Gasteiger partial charge < -0.3 is 4.84 Å². The van der Waals surface area contributed by atoms with E-state index in [1.807, 2.05) is 60.7 Å². The highest BCUT2D eigenvalue weighted by molar-refractivity contribution is 9.11. The van der Waals surface area contributed by atoms with Gasteiger partial charge in [-0.05, 0) is 28.1 Å². The lowest BCUT2D eigenvalue weighted by molar-refractivity contribution is -0.113. The van der Waals surface area contributed by atoms with Gasteiger partial charge in [0.1, 0.15) is 4.21 Å². The maximum atomic E-state index is 12.7. The first kappa shape index (κ1) is 19.8. The van der Waals surface area contributed by atoms with Crippen molar-refractivity contribution in [3.8, 4) is 0 Å². The number of hydrogen-bond donors (Lipinski definition) is 1. The number of halogens is 1. The van der Waals surface area contributed by atoms with Crippen LogP contribution < -0.4 is 4.72 Å². The summed E-state index contributed by atoms with van der Waals surface area (Å²) in [5.41, 5.74) is 0.660. The number of carbonyl (C=O) groups is 1. The Bertz CT molecular complexity index is 1140. The average molecular weight is 491 g/mol. The van der Waals surface area contributed by atoms with E-state index in [4.69, 9.17) is 4.84 Å². The van der Waals surface area contributed by atoms with Gasteiger partial charge in [0.2, 0.25) is 0 Å². The van der Waals surface area contributed by atoms with Gasteiger partial charge in [0.15, 0.2) is 11.3 Å². The highest BCUT2D eigenvalue weighted by Crippen LogP contribution is 2.41. The number of rotatable bonds is 5. The summed E-state index contributed by atoms with van der Waals surface area (Å²) in [5.74, 6) is -0.803. The molecule has 148 valence electrons. The largest absolute Gasteiger partial charge is 0.379 e. The molecule has 6 nitrogen and oxygen atoms in total. The Morgan fingerprint density at radius 3 is 2.10 bits per heavy atom. The van der Waals surface area contributed by atoms with E-state index in [0.29, 0.717) is 3.79 Å². The zero-order chi connectivity index (χ0) is 20.5. The molecule has 0 saturated carbocycles. The first-order chi connectivity index (χ1) is 13.9. The van der Waals surface area contributed by atoms with Crippen LogP contribution in [0.5, 0.6) is 0 Å². The summed E-state index contributed by atoms with van der Waals surface area (Å²) in [7, 11) is -3.99. The van der Waals surface area contributed by atoms with E-state index in [0.717, 1.165) is 22.5 Å². The molecule has 0 radical (unpaired) electrons. The van der Waals surface area contributed by atoms with Gasteiger partial charge in [-0.3, -0.25) is 4.79 Å². The number of thiophene rings is 1. The number of nitrogens with zero attached hydrogens (tertiary/aromatic N) is 1. The topological polar surface area (TPSA) is 84.8 Å². The molecular weight excluding hydrogens is 476 g/mol. The highest BCUT2D eigenvalue weighted by atomic mass is 79.9. The van der Waals surface area contributed by atoms with Crippen LogP contribution in [0.3, 0.4) is 0 Å². The molecule has 0 spiro atoms. The maximum absolute atomic E-state index is 12.7. The number of benzene rings is 2. The first-order valence-electron chi connectivity index (χ1n) is 8.59. The second-order valence-corrected chi connectivity index (χ2v) is 10.7. The summed E-state index contributed by atoms with van der Waals surface area (Å²) in [6, 6.07) is 21.9. The van der Waals surface area contributed by atoms with E-state index in [1.165, 1.54) is 6.07 Å². The van der Waals surface area contributed by atoms with E-state index in [9.17, 15) is 13.2 Å². The van der Waals surface area contributed by atoms with Crippen molar-refractivity contribution in [2.75, 3.05) is 0 Å². The van der Waals surface area contributed by atoms with Crippen LogP contribution in [0, 0.1) is 0 Å². The van der Waals surface area contributed by atoms with Gasteiger partial charge in [-0.25, -0.2) is 13.1 Å². The number of amides is 1. The molecule has 9 heteroatoms. The second-order valence-electron chi connectivity index (χ2n) is 6.36. The Labute approximate surface area is 180 Å². The average Bonchev–Trinajstić information content (AvgIpc) is 3.37. The molecule has 1 aliphatic heterocycles. The van der Waals surface area contributed by atoms with Gasteiger partial charge in [0.25, 0.3) is 15.9 Å². The fourth-order valence-corrected chi connectivity index (χ4v) is 6.10. The second kappa shape index (κ2) is 7.74. The van der Waals surface area contributed by atoms with Crippen LogP contribution in [0.2, 0.25) is 0 Å². The Balaban J connectivity index is 1.62. The van der Waals surface area contributed by atoms with Crippen molar-refractivity contribution >= 4 is 48.9 Å². The molecule has 0 unspecified atom stereocenters. The van der Waals surface area contributed by atoms with Gasteiger partial charge in [0.05, 0.1) is 10.2 Å². The predicted molar refractivity (Wildman–Crippen MR) is 114 cm³/mol. The molecule has 1 N–H and O–H groups in total. The third-order valence-corrected chi connectivity index (χ3v) is 7.96. The molecule has 0 bridgehead atoms. The van der Waals surface area contributed by atoms with Gasteiger partial charge in [-0.2, -0.15) is 0 Å². The third-order valence-electron chi connectivity index (χ3n) is 4.51. The number of hydrogen-bond acceptors (Lipinski definition) is 6. The number of carbonyl (C=O) groups excluding carboxylic acids is 1. The van der Waals surface area contributed by atoms with Crippen molar-refractivity contribution in [3.05, 3.63) is 87.7 Å². The van der Waals surface area contributed by atoms with E-state index in [-0.39, 0.29) is 16.3 Å². The zero-order valence-electron chi connectivity index (χ0n) is 14.9. The molecular formula is C20H15BrN2O4S2. The van der Waals surface area contributed by atoms with E-state index >= 15 is 0 Å². The quantitative estimate of drug-likeness (QED) is 0.584. The van der Waals surface area contributed by atoms with Gasteiger partial charge >= 0.3 is 0 Å². The molecule has 4 rings (SSSR count). The van der Waals surface area contributed by atoms with E-state index in [2.05, 4.69) is 25.8 Å². The van der Waals surface area contributed by atoms with Gasteiger partial charge in [0, 0.05) is 11.1 Å². The van der Waals surface area contributed by atoms with Gasteiger partial charge in [-0.15, -0.1) is 11.3 Å². The normalized spacial score (nSPS) is 15.4. The molecule has 29 heavy (non-hydrogen) atoms. The molecule has 3 aromatic rings. The monoisotopic (exact) mass is 490 g/mol. The maximum Gasteiger partial charge on any atom is 0.282 e. The Hall–Kier alpha value is -2.49. The fourth-order valence-electron chi connectivity index (χ4n) is 3.12. The lowest BCUT2D eigenvalue weighted by Gasteiger charge is -2.27. The summed E-state index contributed by atoms with van der Waals surface area (Å²) in [6.45, 7) is 0. The molecule has 0 atom stereocenters. The Kier molecular flexibility index (Phi) is 5.28. The number of oxime groups is 1. The molecule has 1 amide bonds. The first-order valence-corrected chi connectivity index (χ1v) is 11.7. The van der Waals surface area contributed by atoms with Gasteiger partial charge in [-0.1, -0.05) is 65.8 Å². The van der Waals surface area contributed by atoms with Crippen molar-refractivity contribution in [1.82, 2.24) is 4.72 Å². The molecule has 2 heterocycles. The van der Waals surface area contributed by atoms with Crippen LogP contribution in [0.4, 0.5) is 0 Å². The smallest absolute Gasteiger partial charge is 0.282 e. The highest BCUT2D eigenvalue weighted by Gasteiger charge is 2.45. The summed E-state index contributed by atoms with van der Waals surface area (Å²) < 4.78 is 27.7. The number of sulfonamides is 1. The minimum absolute atomic E-state index is 0.0110. The molecule has 1 aromatic heterocycles. The standard InChI is InChI=1S/C20H15BrN2O4S2/c21-17-11-12-18(28-17)29(25,26)23-19(24)16-13-20(27-22-16,14-7-3-1-4-8-14)15-9-5-2-6-10-15/h1-12H,13H2,(H,23,24). The summed E-state index contributed by atoms with van der Waals surface area (Å²) >= 11 is 4.24. The SMILES string of the molecule is O=C(NS(=O)(=O)c1ccc(Br)s1)C1=NOC(c2ccccc2)(c2ccccc2)C1. The lowest BCUT2D eigenvalue weighted by atomic mass is 9.82. The van der Waals surface area contributed by atoms with E-state index < -0.39 is 21.5 Å². The van der Waals surface area contributed by atoms with Crippen molar-refractivity contribution < 1.29 is 18.0 Å². The Morgan fingerprint density at radius 1 is 1.00 bits per heavy atom. The van der Waals surface area contributed by atoms with Crippen molar-refractivity contribution in [2.24, 2.45) is 5.16 Å².